The zero-order valence-electron chi connectivity index (χ0n) is 10.3. The van der Waals surface area contributed by atoms with E-state index in [1.807, 2.05) is 16.7 Å². The van der Waals surface area contributed by atoms with E-state index in [9.17, 15) is 4.79 Å². The van der Waals surface area contributed by atoms with Crippen molar-refractivity contribution in [1.29, 1.82) is 0 Å². The summed E-state index contributed by atoms with van der Waals surface area (Å²) >= 11 is 6.03. The molecule has 4 nitrogen and oxygen atoms in total. The van der Waals surface area contributed by atoms with Crippen molar-refractivity contribution in [3.8, 4) is 0 Å². The fourth-order valence-corrected chi connectivity index (χ4v) is 2.94. The Hall–Kier alpha value is -1.26. The van der Waals surface area contributed by atoms with Gasteiger partial charge in [-0.15, -0.1) is 0 Å². The van der Waals surface area contributed by atoms with E-state index in [0.29, 0.717) is 5.02 Å². The van der Waals surface area contributed by atoms with Crippen molar-refractivity contribution in [2.75, 3.05) is 13.6 Å². The van der Waals surface area contributed by atoms with Gasteiger partial charge in [-0.05, 0) is 51.1 Å². The molecular weight excluding hydrogens is 250 g/mol. The number of aromatic amines is 1. The minimum atomic E-state index is -0.0500. The number of likely N-dealkylation sites (tertiary alicyclic amines) is 1. The van der Waals surface area contributed by atoms with Gasteiger partial charge in [0.15, 0.2) is 0 Å². The summed E-state index contributed by atoms with van der Waals surface area (Å²) in [4.78, 5) is 17.3. The number of hydrogen-bond acceptors (Lipinski definition) is 2. The second-order valence-electron chi connectivity index (χ2n) is 4.92. The number of imidazole rings is 1. The maximum Gasteiger partial charge on any atom is 0.327 e. The Morgan fingerprint density at radius 2 is 2.22 bits per heavy atom. The van der Waals surface area contributed by atoms with E-state index >= 15 is 0 Å². The molecular formula is C13H16ClN3O. The maximum absolute atomic E-state index is 12.1. The second-order valence-corrected chi connectivity index (χ2v) is 5.36. The van der Waals surface area contributed by atoms with Crippen LogP contribution >= 0.6 is 11.6 Å². The van der Waals surface area contributed by atoms with Gasteiger partial charge in [-0.1, -0.05) is 11.6 Å². The van der Waals surface area contributed by atoms with Gasteiger partial charge in [0.05, 0.1) is 17.2 Å². The van der Waals surface area contributed by atoms with E-state index in [1.54, 1.807) is 6.07 Å². The Morgan fingerprint density at radius 3 is 3.00 bits per heavy atom. The third kappa shape index (κ3) is 1.85. The first-order chi connectivity index (χ1) is 8.66. The van der Waals surface area contributed by atoms with Crippen LogP contribution in [-0.4, -0.2) is 28.0 Å². The van der Waals surface area contributed by atoms with E-state index in [0.717, 1.165) is 30.4 Å². The third-order valence-electron chi connectivity index (χ3n) is 3.71. The molecule has 1 aliphatic heterocycles. The molecule has 2 heterocycles. The van der Waals surface area contributed by atoms with Crippen LogP contribution in [0.1, 0.15) is 25.4 Å². The average Bonchev–Trinajstić information content (AvgIpc) is 2.66. The largest absolute Gasteiger partial charge is 0.327 e. The molecule has 1 fully saturated rings. The number of halogens is 1. The lowest BCUT2D eigenvalue weighted by Crippen LogP contribution is -2.37. The molecule has 1 N–H and O–H groups in total. The van der Waals surface area contributed by atoms with Crippen molar-refractivity contribution in [1.82, 2.24) is 14.5 Å². The number of fused-ring (bicyclic) bond motifs is 1. The molecule has 0 saturated carbocycles. The van der Waals surface area contributed by atoms with E-state index in [4.69, 9.17) is 11.6 Å². The van der Waals surface area contributed by atoms with Gasteiger partial charge in [-0.3, -0.25) is 9.47 Å². The highest BCUT2D eigenvalue weighted by atomic mass is 35.5. The number of rotatable bonds is 1. The third-order valence-corrected chi connectivity index (χ3v) is 3.94. The Kier molecular flexibility index (Phi) is 2.92. The van der Waals surface area contributed by atoms with E-state index in [2.05, 4.69) is 16.9 Å². The molecule has 0 amide bonds. The molecule has 1 saturated heterocycles. The zero-order chi connectivity index (χ0) is 12.7. The highest BCUT2D eigenvalue weighted by molar-refractivity contribution is 6.31. The molecule has 1 atom stereocenters. The molecule has 3 rings (SSSR count). The van der Waals surface area contributed by atoms with E-state index < -0.39 is 0 Å². The minimum absolute atomic E-state index is 0.0500. The van der Waals surface area contributed by atoms with Crippen LogP contribution in [0.4, 0.5) is 0 Å². The molecule has 1 aromatic heterocycles. The maximum atomic E-state index is 12.1. The van der Waals surface area contributed by atoms with Gasteiger partial charge in [0.25, 0.3) is 0 Å². The molecule has 96 valence electrons. The van der Waals surface area contributed by atoms with Crippen LogP contribution in [0.25, 0.3) is 11.0 Å². The quantitative estimate of drug-likeness (QED) is 0.861. The molecule has 0 spiro atoms. The molecule has 1 aromatic carbocycles. The SMILES string of the molecule is CN1CCCCC1n1c(=O)[nH]c2ccc(Cl)cc21. The standard InChI is InChI=1S/C13H16ClN3O/c1-16-7-3-2-4-12(16)17-11-8-9(14)5-6-10(11)15-13(17)18/h5-6,8,12H,2-4,7H2,1H3,(H,15,18). The molecule has 1 unspecified atom stereocenters. The lowest BCUT2D eigenvalue weighted by atomic mass is 10.1. The topological polar surface area (TPSA) is 41.0 Å². The first kappa shape index (κ1) is 11.8. The number of aromatic nitrogens is 2. The van der Waals surface area contributed by atoms with Crippen LogP contribution in [0.3, 0.4) is 0 Å². The first-order valence-corrected chi connectivity index (χ1v) is 6.64. The monoisotopic (exact) mass is 265 g/mol. The van der Waals surface area contributed by atoms with E-state index in [1.165, 1.54) is 6.42 Å². The molecule has 0 radical (unpaired) electrons. The van der Waals surface area contributed by atoms with Crippen molar-refractivity contribution < 1.29 is 0 Å². The zero-order valence-corrected chi connectivity index (χ0v) is 11.1. The molecule has 18 heavy (non-hydrogen) atoms. The second kappa shape index (κ2) is 4.44. The van der Waals surface area contributed by atoms with Gasteiger partial charge < -0.3 is 4.98 Å². The number of nitrogens with one attached hydrogen (secondary N) is 1. The smallest absolute Gasteiger partial charge is 0.305 e. The van der Waals surface area contributed by atoms with Crippen molar-refractivity contribution >= 4 is 22.6 Å². The Morgan fingerprint density at radius 1 is 1.39 bits per heavy atom. The fraction of sp³-hybridized carbons (Fsp3) is 0.462. The summed E-state index contributed by atoms with van der Waals surface area (Å²) in [6, 6.07) is 5.52. The first-order valence-electron chi connectivity index (χ1n) is 6.27. The van der Waals surface area contributed by atoms with Gasteiger partial charge >= 0.3 is 5.69 Å². The van der Waals surface area contributed by atoms with Crippen molar-refractivity contribution in [2.24, 2.45) is 0 Å². The van der Waals surface area contributed by atoms with Gasteiger partial charge in [0.1, 0.15) is 0 Å². The summed E-state index contributed by atoms with van der Waals surface area (Å²) in [5.41, 5.74) is 1.70. The number of piperidine rings is 1. The average molecular weight is 266 g/mol. The van der Waals surface area contributed by atoms with Crippen molar-refractivity contribution in [3.63, 3.8) is 0 Å². The van der Waals surface area contributed by atoms with E-state index in [-0.39, 0.29) is 11.9 Å². The summed E-state index contributed by atoms with van der Waals surface area (Å²) < 4.78 is 1.83. The van der Waals surface area contributed by atoms with Gasteiger partial charge in [-0.2, -0.15) is 0 Å². The lowest BCUT2D eigenvalue weighted by molar-refractivity contribution is 0.128. The molecule has 1 aliphatic rings. The Balaban J connectivity index is 2.18. The molecule has 0 aliphatic carbocycles. The normalized spacial score (nSPS) is 21.6. The van der Waals surface area contributed by atoms with Crippen LogP contribution < -0.4 is 5.69 Å². The molecule has 2 aromatic rings. The van der Waals surface area contributed by atoms with Gasteiger partial charge in [0, 0.05) is 5.02 Å². The fourth-order valence-electron chi connectivity index (χ4n) is 2.77. The van der Waals surface area contributed by atoms with Crippen LogP contribution in [0.5, 0.6) is 0 Å². The highest BCUT2D eigenvalue weighted by Crippen LogP contribution is 2.27. The number of hydrogen-bond donors (Lipinski definition) is 1. The number of H-pyrrole nitrogens is 1. The summed E-state index contributed by atoms with van der Waals surface area (Å²) in [5.74, 6) is 0. The van der Waals surface area contributed by atoms with Crippen LogP contribution in [0, 0.1) is 0 Å². The summed E-state index contributed by atoms with van der Waals surface area (Å²) in [5, 5.41) is 0.661. The lowest BCUT2D eigenvalue weighted by Gasteiger charge is -2.33. The highest BCUT2D eigenvalue weighted by Gasteiger charge is 2.23. The van der Waals surface area contributed by atoms with Crippen LogP contribution in [0.15, 0.2) is 23.0 Å². The molecule has 0 bridgehead atoms. The predicted octanol–water partition coefficient (Wildman–Crippen LogP) is 2.60. The van der Waals surface area contributed by atoms with Crippen LogP contribution in [0.2, 0.25) is 5.02 Å². The predicted molar refractivity (Wildman–Crippen MR) is 73.1 cm³/mol. The van der Waals surface area contributed by atoms with Crippen LogP contribution in [-0.2, 0) is 0 Å². The Labute approximate surface area is 110 Å². The van der Waals surface area contributed by atoms with Gasteiger partial charge in [0.2, 0.25) is 0 Å². The number of nitrogens with zero attached hydrogens (tertiary/aromatic N) is 2. The summed E-state index contributed by atoms with van der Waals surface area (Å²) in [7, 11) is 2.07. The summed E-state index contributed by atoms with van der Waals surface area (Å²) in [6.45, 7) is 1.03. The number of benzene rings is 1. The molecule has 5 heteroatoms. The van der Waals surface area contributed by atoms with Crippen molar-refractivity contribution in [2.45, 2.75) is 25.4 Å². The van der Waals surface area contributed by atoms with Crippen molar-refractivity contribution in [3.05, 3.63) is 33.7 Å². The van der Waals surface area contributed by atoms with Gasteiger partial charge in [-0.25, -0.2) is 4.79 Å². The minimum Gasteiger partial charge on any atom is -0.305 e. The Bertz CT molecular complexity index is 631. The summed E-state index contributed by atoms with van der Waals surface area (Å²) in [6.07, 6.45) is 3.51.